The summed E-state index contributed by atoms with van der Waals surface area (Å²) in [6.07, 6.45) is 0. The number of fused-ring (bicyclic) bond motifs is 1. The van der Waals surface area contributed by atoms with E-state index >= 15 is 0 Å². The summed E-state index contributed by atoms with van der Waals surface area (Å²) < 4.78 is 10.5. The molecule has 0 aliphatic heterocycles. The number of rotatable bonds is 5. The van der Waals surface area contributed by atoms with Crippen molar-refractivity contribution in [3.05, 3.63) is 71.6 Å². The van der Waals surface area contributed by atoms with Gasteiger partial charge in [-0.3, -0.25) is 10.1 Å². The zero-order valence-corrected chi connectivity index (χ0v) is 16.2. The van der Waals surface area contributed by atoms with Gasteiger partial charge in [0.05, 0.1) is 19.9 Å². The maximum absolute atomic E-state index is 12.6. The Morgan fingerprint density at radius 1 is 0.964 bits per heavy atom. The third-order valence-corrected chi connectivity index (χ3v) is 5.19. The highest BCUT2D eigenvalue weighted by molar-refractivity contribution is 7.14. The fourth-order valence-corrected chi connectivity index (χ4v) is 3.76. The van der Waals surface area contributed by atoms with Gasteiger partial charge in [-0.15, -0.1) is 11.3 Å². The van der Waals surface area contributed by atoms with Crippen LogP contribution in [0.25, 0.3) is 22.0 Å². The van der Waals surface area contributed by atoms with Crippen LogP contribution >= 0.6 is 11.3 Å². The molecular formula is C22H18N2O3S. The highest BCUT2D eigenvalue weighted by Crippen LogP contribution is 2.32. The minimum absolute atomic E-state index is 0.250. The minimum Gasteiger partial charge on any atom is -0.493 e. The number of benzene rings is 3. The van der Waals surface area contributed by atoms with Crippen molar-refractivity contribution in [3.63, 3.8) is 0 Å². The fraction of sp³-hybridized carbons (Fsp3) is 0.0909. The molecule has 4 aromatic rings. The average molecular weight is 390 g/mol. The molecule has 0 aliphatic rings. The molecule has 4 rings (SSSR count). The Labute approximate surface area is 166 Å². The first-order chi connectivity index (χ1) is 13.7. The van der Waals surface area contributed by atoms with Crippen LogP contribution in [0.4, 0.5) is 5.13 Å². The van der Waals surface area contributed by atoms with E-state index in [2.05, 4.69) is 28.5 Å². The molecule has 0 atom stereocenters. The largest absolute Gasteiger partial charge is 0.493 e. The topological polar surface area (TPSA) is 60.5 Å². The standard InChI is InChI=1S/C22H18N2O3S/c1-26-19-11-10-15(12-20(19)27-2)21(25)24-22-23-18(13-28-22)17-9-5-7-14-6-3-4-8-16(14)17/h3-13H,1-2H3,(H,23,24,25). The van der Waals surface area contributed by atoms with Crippen molar-refractivity contribution in [2.45, 2.75) is 0 Å². The summed E-state index contributed by atoms with van der Waals surface area (Å²) in [5, 5.41) is 7.64. The number of nitrogens with one attached hydrogen (secondary N) is 1. The van der Waals surface area contributed by atoms with Gasteiger partial charge in [-0.05, 0) is 29.0 Å². The molecule has 28 heavy (non-hydrogen) atoms. The van der Waals surface area contributed by atoms with E-state index in [-0.39, 0.29) is 5.91 Å². The maximum atomic E-state index is 12.6. The molecule has 0 unspecified atom stereocenters. The number of carbonyl (C=O) groups excluding carboxylic acids is 1. The van der Waals surface area contributed by atoms with Crippen molar-refractivity contribution in [1.82, 2.24) is 4.98 Å². The molecule has 0 radical (unpaired) electrons. The van der Waals surface area contributed by atoms with Crippen LogP contribution in [-0.4, -0.2) is 25.1 Å². The SMILES string of the molecule is COc1ccc(C(=O)Nc2nc(-c3cccc4ccccc34)cs2)cc1OC. The third kappa shape index (κ3) is 3.42. The molecule has 0 saturated carbocycles. The Bertz CT molecular complexity index is 1150. The second kappa shape index (κ2) is 7.70. The second-order valence-electron chi connectivity index (χ2n) is 6.09. The van der Waals surface area contributed by atoms with Gasteiger partial charge in [0.25, 0.3) is 5.91 Å². The van der Waals surface area contributed by atoms with Crippen LogP contribution in [0.2, 0.25) is 0 Å². The van der Waals surface area contributed by atoms with Crippen LogP contribution in [0, 0.1) is 0 Å². The van der Waals surface area contributed by atoms with E-state index in [1.165, 1.54) is 18.4 Å². The lowest BCUT2D eigenvalue weighted by molar-refractivity contribution is 0.102. The molecule has 1 heterocycles. The molecule has 1 N–H and O–H groups in total. The van der Waals surface area contributed by atoms with Gasteiger partial charge in [-0.25, -0.2) is 4.98 Å². The number of anilines is 1. The molecule has 1 amide bonds. The molecule has 0 bridgehead atoms. The van der Waals surface area contributed by atoms with Crippen LogP contribution < -0.4 is 14.8 Å². The van der Waals surface area contributed by atoms with Gasteiger partial charge < -0.3 is 9.47 Å². The van der Waals surface area contributed by atoms with E-state index < -0.39 is 0 Å². The summed E-state index contributed by atoms with van der Waals surface area (Å²) in [5.74, 6) is 0.831. The highest BCUT2D eigenvalue weighted by Gasteiger charge is 2.14. The van der Waals surface area contributed by atoms with Crippen molar-refractivity contribution in [2.24, 2.45) is 0 Å². The van der Waals surface area contributed by atoms with Gasteiger partial charge in [0.1, 0.15) is 0 Å². The Hall–Kier alpha value is -3.38. The number of thiazole rings is 1. The van der Waals surface area contributed by atoms with Gasteiger partial charge in [-0.1, -0.05) is 42.5 Å². The zero-order valence-electron chi connectivity index (χ0n) is 15.4. The van der Waals surface area contributed by atoms with Gasteiger partial charge in [0.2, 0.25) is 0 Å². The lowest BCUT2D eigenvalue weighted by atomic mass is 10.0. The van der Waals surface area contributed by atoms with E-state index in [0.29, 0.717) is 22.2 Å². The Balaban J connectivity index is 1.59. The van der Waals surface area contributed by atoms with Crippen molar-refractivity contribution < 1.29 is 14.3 Å². The predicted molar refractivity (Wildman–Crippen MR) is 113 cm³/mol. The van der Waals surface area contributed by atoms with E-state index in [1.807, 2.05) is 29.6 Å². The summed E-state index contributed by atoms with van der Waals surface area (Å²) in [6.45, 7) is 0. The maximum Gasteiger partial charge on any atom is 0.257 e. The Kier molecular flexibility index (Phi) is 4.95. The number of amides is 1. The number of hydrogen-bond acceptors (Lipinski definition) is 5. The zero-order chi connectivity index (χ0) is 19.5. The average Bonchev–Trinajstić information content (AvgIpc) is 3.20. The van der Waals surface area contributed by atoms with E-state index in [0.717, 1.165) is 22.0 Å². The Morgan fingerprint density at radius 3 is 2.57 bits per heavy atom. The first-order valence-corrected chi connectivity index (χ1v) is 9.54. The van der Waals surface area contributed by atoms with Crippen molar-refractivity contribution >= 4 is 33.1 Å². The number of hydrogen-bond donors (Lipinski definition) is 1. The van der Waals surface area contributed by atoms with Crippen LogP contribution in [0.15, 0.2) is 66.0 Å². The monoisotopic (exact) mass is 390 g/mol. The number of methoxy groups -OCH3 is 2. The Morgan fingerprint density at radius 2 is 1.75 bits per heavy atom. The first-order valence-electron chi connectivity index (χ1n) is 8.66. The number of nitrogens with zero attached hydrogens (tertiary/aromatic N) is 1. The molecule has 6 heteroatoms. The van der Waals surface area contributed by atoms with Crippen molar-refractivity contribution in [2.75, 3.05) is 19.5 Å². The summed E-state index contributed by atoms with van der Waals surface area (Å²) >= 11 is 1.39. The summed E-state index contributed by atoms with van der Waals surface area (Å²) in [6, 6.07) is 19.3. The normalized spacial score (nSPS) is 10.6. The lowest BCUT2D eigenvalue weighted by Crippen LogP contribution is -2.12. The molecular weight excluding hydrogens is 372 g/mol. The summed E-state index contributed by atoms with van der Waals surface area (Å²) in [7, 11) is 3.10. The van der Waals surface area contributed by atoms with E-state index in [4.69, 9.17) is 9.47 Å². The van der Waals surface area contributed by atoms with Gasteiger partial charge >= 0.3 is 0 Å². The summed E-state index contributed by atoms with van der Waals surface area (Å²) in [5.41, 5.74) is 2.35. The van der Waals surface area contributed by atoms with Crippen LogP contribution in [0.5, 0.6) is 11.5 Å². The van der Waals surface area contributed by atoms with Gasteiger partial charge in [0, 0.05) is 16.5 Å². The first kappa shape index (κ1) is 18.0. The molecule has 5 nitrogen and oxygen atoms in total. The van der Waals surface area contributed by atoms with Crippen LogP contribution in [0.3, 0.4) is 0 Å². The number of aromatic nitrogens is 1. The van der Waals surface area contributed by atoms with Crippen molar-refractivity contribution in [3.8, 4) is 22.8 Å². The molecule has 0 spiro atoms. The van der Waals surface area contributed by atoms with E-state index in [9.17, 15) is 4.79 Å². The predicted octanol–water partition coefficient (Wildman–Crippen LogP) is 5.23. The number of carbonyl (C=O) groups is 1. The molecule has 140 valence electrons. The highest BCUT2D eigenvalue weighted by atomic mass is 32.1. The molecule has 0 fully saturated rings. The summed E-state index contributed by atoms with van der Waals surface area (Å²) in [4.78, 5) is 17.2. The lowest BCUT2D eigenvalue weighted by Gasteiger charge is -2.09. The van der Waals surface area contributed by atoms with Crippen molar-refractivity contribution in [1.29, 1.82) is 0 Å². The molecule has 0 aliphatic carbocycles. The van der Waals surface area contributed by atoms with E-state index in [1.54, 1.807) is 25.3 Å². The fourth-order valence-electron chi connectivity index (χ4n) is 3.05. The van der Waals surface area contributed by atoms with Crippen LogP contribution in [-0.2, 0) is 0 Å². The molecule has 0 saturated heterocycles. The second-order valence-corrected chi connectivity index (χ2v) is 6.95. The number of ether oxygens (including phenoxy) is 2. The van der Waals surface area contributed by atoms with Gasteiger partial charge in [0.15, 0.2) is 16.6 Å². The molecule has 1 aromatic heterocycles. The molecule has 3 aromatic carbocycles. The quantitative estimate of drug-likeness (QED) is 0.507. The van der Waals surface area contributed by atoms with Gasteiger partial charge in [-0.2, -0.15) is 0 Å². The minimum atomic E-state index is -0.250. The smallest absolute Gasteiger partial charge is 0.257 e. The third-order valence-electron chi connectivity index (χ3n) is 4.44. The van der Waals surface area contributed by atoms with Crippen LogP contribution in [0.1, 0.15) is 10.4 Å².